The molecule has 0 saturated carbocycles. The molecule has 0 saturated heterocycles. The highest BCUT2D eigenvalue weighted by molar-refractivity contribution is 7.89. The number of sulfonamides is 1. The third-order valence-corrected chi connectivity index (χ3v) is 5.75. The van der Waals surface area contributed by atoms with E-state index >= 15 is 0 Å². The van der Waals surface area contributed by atoms with E-state index in [9.17, 15) is 8.42 Å². The molecule has 0 spiro atoms. The zero-order valence-electron chi connectivity index (χ0n) is 12.5. The molecule has 0 fully saturated rings. The largest absolute Gasteiger partial charge is 0.329 e. The summed E-state index contributed by atoms with van der Waals surface area (Å²) in [7, 11) is -3.64. The van der Waals surface area contributed by atoms with Crippen LogP contribution in [-0.4, -0.2) is 33.3 Å². The Morgan fingerprint density at radius 2 is 1.88 bits per heavy atom. The molecule has 0 aliphatic carbocycles. The molecule has 122 valence electrons. The van der Waals surface area contributed by atoms with Crippen molar-refractivity contribution in [3.63, 3.8) is 0 Å². The average Bonchev–Trinajstić information content (AvgIpc) is 3.21. The maximum Gasteiger partial charge on any atom is 0.242 e. The number of fused-ring (bicyclic) bond motifs is 2. The van der Waals surface area contributed by atoms with Crippen LogP contribution in [0.3, 0.4) is 0 Å². The third kappa shape index (κ3) is 2.66. The smallest absolute Gasteiger partial charge is 0.242 e. The molecule has 9 heteroatoms. The van der Waals surface area contributed by atoms with Gasteiger partial charge in [0, 0.05) is 13.1 Å². The highest BCUT2D eigenvalue weighted by Crippen LogP contribution is 2.20. The number of benzene rings is 2. The summed E-state index contributed by atoms with van der Waals surface area (Å²) in [6, 6.07) is 12.7. The van der Waals surface area contributed by atoms with Gasteiger partial charge in [-0.25, -0.2) is 18.1 Å². The summed E-state index contributed by atoms with van der Waals surface area (Å²) in [5.41, 5.74) is 2.85. The van der Waals surface area contributed by atoms with E-state index in [1.807, 2.05) is 28.8 Å². The number of rotatable bonds is 5. The lowest BCUT2D eigenvalue weighted by Gasteiger charge is -2.08. The van der Waals surface area contributed by atoms with E-state index in [1.165, 1.54) is 0 Å². The minimum Gasteiger partial charge on any atom is -0.329 e. The number of nitrogens with zero attached hydrogens (tertiary/aromatic N) is 4. The van der Waals surface area contributed by atoms with Gasteiger partial charge >= 0.3 is 0 Å². The lowest BCUT2D eigenvalue weighted by molar-refractivity contribution is 0.575. The summed E-state index contributed by atoms with van der Waals surface area (Å²) >= 11 is 1.00. The summed E-state index contributed by atoms with van der Waals surface area (Å²) in [5, 5.41) is 0. The summed E-state index contributed by atoms with van der Waals surface area (Å²) in [4.78, 5) is 4.45. The van der Waals surface area contributed by atoms with Crippen molar-refractivity contribution in [2.75, 3.05) is 6.54 Å². The van der Waals surface area contributed by atoms with Gasteiger partial charge in [-0.05, 0) is 24.3 Å². The van der Waals surface area contributed by atoms with Crippen molar-refractivity contribution in [2.45, 2.75) is 11.4 Å². The first kappa shape index (κ1) is 15.2. The second-order valence-corrected chi connectivity index (χ2v) is 7.48. The Balaban J connectivity index is 1.54. The van der Waals surface area contributed by atoms with E-state index in [2.05, 4.69) is 18.5 Å². The van der Waals surface area contributed by atoms with Gasteiger partial charge in [0.25, 0.3) is 0 Å². The number of imidazole rings is 1. The number of hydrogen-bond acceptors (Lipinski definition) is 6. The molecule has 2 aromatic carbocycles. The Labute approximate surface area is 142 Å². The van der Waals surface area contributed by atoms with E-state index < -0.39 is 10.0 Å². The predicted octanol–water partition coefficient (Wildman–Crippen LogP) is 2.02. The van der Waals surface area contributed by atoms with Crippen molar-refractivity contribution in [2.24, 2.45) is 0 Å². The highest BCUT2D eigenvalue weighted by Gasteiger charge is 2.19. The summed E-state index contributed by atoms with van der Waals surface area (Å²) in [5.74, 6) is 0. The van der Waals surface area contributed by atoms with Crippen molar-refractivity contribution in [1.82, 2.24) is 23.0 Å². The molecule has 4 aromatic rings. The molecular formula is C15H13N5O2S2. The quantitative estimate of drug-likeness (QED) is 0.589. The second kappa shape index (κ2) is 5.93. The molecule has 0 radical (unpaired) electrons. The SMILES string of the molecule is O=S(=O)(NCCn1cnc2ccccc21)c1cccc2nsnc12. The fourth-order valence-electron chi connectivity index (χ4n) is 2.56. The molecular weight excluding hydrogens is 346 g/mol. The van der Waals surface area contributed by atoms with Crippen molar-refractivity contribution in [3.05, 3.63) is 48.8 Å². The van der Waals surface area contributed by atoms with E-state index in [0.717, 1.165) is 22.8 Å². The second-order valence-electron chi connectivity index (χ2n) is 5.21. The molecule has 2 aromatic heterocycles. The predicted molar refractivity (Wildman–Crippen MR) is 92.3 cm³/mol. The van der Waals surface area contributed by atoms with E-state index in [4.69, 9.17) is 0 Å². The van der Waals surface area contributed by atoms with Gasteiger partial charge in [-0.1, -0.05) is 18.2 Å². The standard InChI is InChI=1S/C15H13N5O2S2/c21-24(22,14-7-3-5-12-15(14)19-23-18-12)17-8-9-20-10-16-11-4-1-2-6-13(11)20/h1-7,10,17H,8-9H2. The molecule has 1 N–H and O–H groups in total. The van der Waals surface area contributed by atoms with Crippen LogP contribution in [0.15, 0.2) is 53.7 Å². The molecule has 0 bridgehead atoms. The van der Waals surface area contributed by atoms with E-state index in [0.29, 0.717) is 17.6 Å². The molecule has 0 aliphatic rings. The van der Waals surface area contributed by atoms with Crippen molar-refractivity contribution in [1.29, 1.82) is 0 Å². The molecule has 2 heterocycles. The van der Waals surface area contributed by atoms with Gasteiger partial charge in [0.2, 0.25) is 10.0 Å². The van der Waals surface area contributed by atoms with Crippen LogP contribution in [0, 0.1) is 0 Å². The molecule has 7 nitrogen and oxygen atoms in total. The monoisotopic (exact) mass is 359 g/mol. The van der Waals surface area contributed by atoms with Crippen LogP contribution in [0.2, 0.25) is 0 Å². The average molecular weight is 359 g/mol. The maximum absolute atomic E-state index is 12.5. The van der Waals surface area contributed by atoms with Crippen molar-refractivity contribution < 1.29 is 8.42 Å². The van der Waals surface area contributed by atoms with Gasteiger partial charge in [0.15, 0.2) is 0 Å². The fraction of sp³-hybridized carbons (Fsp3) is 0.133. The number of hydrogen-bond donors (Lipinski definition) is 1. The van der Waals surface area contributed by atoms with Crippen LogP contribution in [-0.2, 0) is 16.6 Å². The van der Waals surface area contributed by atoms with Crippen LogP contribution in [0.5, 0.6) is 0 Å². The van der Waals surface area contributed by atoms with Crippen LogP contribution in [0.4, 0.5) is 0 Å². The minimum absolute atomic E-state index is 0.157. The normalized spacial score (nSPS) is 12.2. The van der Waals surface area contributed by atoms with Gasteiger partial charge in [0.1, 0.15) is 15.9 Å². The Hall–Kier alpha value is -2.36. The van der Waals surface area contributed by atoms with E-state index in [-0.39, 0.29) is 11.4 Å². The Morgan fingerprint density at radius 1 is 1.04 bits per heavy atom. The molecule has 0 unspecified atom stereocenters. The topological polar surface area (TPSA) is 89.8 Å². The van der Waals surface area contributed by atoms with Crippen LogP contribution in [0.1, 0.15) is 0 Å². The highest BCUT2D eigenvalue weighted by atomic mass is 32.2. The van der Waals surface area contributed by atoms with Crippen molar-refractivity contribution in [3.8, 4) is 0 Å². The summed E-state index contributed by atoms with van der Waals surface area (Å²) in [6.07, 6.45) is 1.71. The van der Waals surface area contributed by atoms with E-state index in [1.54, 1.807) is 24.5 Å². The number of aromatic nitrogens is 4. The van der Waals surface area contributed by atoms with Crippen LogP contribution < -0.4 is 4.72 Å². The first-order valence-electron chi connectivity index (χ1n) is 7.26. The maximum atomic E-state index is 12.5. The first-order valence-corrected chi connectivity index (χ1v) is 9.47. The Bertz CT molecular complexity index is 1120. The molecule has 4 rings (SSSR count). The number of nitrogens with one attached hydrogen (secondary N) is 1. The fourth-order valence-corrected chi connectivity index (χ4v) is 4.35. The first-order chi connectivity index (χ1) is 11.6. The molecule has 0 aliphatic heterocycles. The van der Waals surface area contributed by atoms with Gasteiger partial charge in [-0.2, -0.15) is 8.75 Å². The summed E-state index contributed by atoms with van der Waals surface area (Å²) in [6.45, 7) is 0.752. The summed E-state index contributed by atoms with van der Waals surface area (Å²) < 4.78 is 37.8. The van der Waals surface area contributed by atoms with Crippen molar-refractivity contribution >= 4 is 43.8 Å². The van der Waals surface area contributed by atoms with Gasteiger partial charge in [-0.3, -0.25) is 0 Å². The van der Waals surface area contributed by atoms with Crippen LogP contribution >= 0.6 is 11.7 Å². The third-order valence-electron chi connectivity index (χ3n) is 3.71. The lowest BCUT2D eigenvalue weighted by atomic mass is 10.3. The van der Waals surface area contributed by atoms with Gasteiger partial charge in [-0.15, -0.1) is 0 Å². The van der Waals surface area contributed by atoms with Gasteiger partial charge in [0.05, 0.1) is 29.1 Å². The zero-order chi connectivity index (χ0) is 16.6. The minimum atomic E-state index is -3.64. The van der Waals surface area contributed by atoms with Gasteiger partial charge < -0.3 is 4.57 Å². The Kier molecular flexibility index (Phi) is 3.75. The Morgan fingerprint density at radius 3 is 2.79 bits per heavy atom. The molecule has 0 atom stereocenters. The zero-order valence-corrected chi connectivity index (χ0v) is 14.1. The molecule has 24 heavy (non-hydrogen) atoms. The lowest BCUT2D eigenvalue weighted by Crippen LogP contribution is -2.27. The number of para-hydroxylation sites is 2. The molecule has 0 amide bonds. The van der Waals surface area contributed by atoms with Crippen LogP contribution in [0.25, 0.3) is 22.1 Å².